The number of benzene rings is 2. The first-order valence-electron chi connectivity index (χ1n) is 10.5. The maximum absolute atomic E-state index is 13.5. The molecule has 0 aliphatic carbocycles. The summed E-state index contributed by atoms with van der Waals surface area (Å²) in [5.41, 5.74) is 3.35. The monoisotopic (exact) mass is 462 g/mol. The van der Waals surface area contributed by atoms with E-state index in [0.29, 0.717) is 22.0 Å². The van der Waals surface area contributed by atoms with Gasteiger partial charge in [0.1, 0.15) is 6.04 Å². The van der Waals surface area contributed by atoms with Gasteiger partial charge in [-0.2, -0.15) is 0 Å². The van der Waals surface area contributed by atoms with Crippen molar-refractivity contribution in [1.29, 1.82) is 0 Å². The lowest BCUT2D eigenvalue weighted by Crippen LogP contribution is -2.53. The van der Waals surface area contributed by atoms with Crippen LogP contribution in [0.2, 0.25) is 10.0 Å². The molecule has 168 valence electrons. The minimum Gasteiger partial charge on any atom is -0.350 e. The SMILES string of the molecule is CC[C@@H](C(=O)NC(C)(C)C)N(Cc1c(Cl)cccc1Cl)C(=O)Cc1cc(C)cc(C)c1. The Morgan fingerprint density at radius 1 is 1.03 bits per heavy atom. The quantitative estimate of drug-likeness (QED) is 0.558. The van der Waals surface area contributed by atoms with E-state index >= 15 is 0 Å². The normalized spacial score (nSPS) is 12.4. The number of nitrogens with zero attached hydrogens (tertiary/aromatic N) is 1. The van der Waals surface area contributed by atoms with E-state index in [2.05, 4.69) is 11.4 Å². The van der Waals surface area contributed by atoms with Gasteiger partial charge in [-0.3, -0.25) is 9.59 Å². The zero-order valence-corrected chi connectivity index (χ0v) is 20.7. The van der Waals surface area contributed by atoms with Gasteiger partial charge in [0.05, 0.1) is 6.42 Å². The zero-order chi connectivity index (χ0) is 23.3. The second-order valence-electron chi connectivity index (χ2n) is 9.06. The minimum absolute atomic E-state index is 0.142. The fraction of sp³-hybridized carbons (Fsp3) is 0.440. The summed E-state index contributed by atoms with van der Waals surface area (Å²) in [6.07, 6.45) is 0.673. The van der Waals surface area contributed by atoms with Crippen molar-refractivity contribution in [3.05, 3.63) is 68.7 Å². The number of aryl methyl sites for hydroxylation is 2. The molecule has 1 atom stereocenters. The summed E-state index contributed by atoms with van der Waals surface area (Å²) in [5, 5.41) is 3.95. The van der Waals surface area contributed by atoms with Crippen LogP contribution >= 0.6 is 23.2 Å². The van der Waals surface area contributed by atoms with Crippen LogP contribution in [0.4, 0.5) is 0 Å². The van der Waals surface area contributed by atoms with Crippen molar-refractivity contribution in [2.24, 2.45) is 0 Å². The molecule has 0 spiro atoms. The largest absolute Gasteiger partial charge is 0.350 e. The number of hydrogen-bond donors (Lipinski definition) is 1. The average molecular weight is 463 g/mol. The zero-order valence-electron chi connectivity index (χ0n) is 19.2. The summed E-state index contributed by atoms with van der Waals surface area (Å²) in [7, 11) is 0. The van der Waals surface area contributed by atoms with Gasteiger partial charge in [-0.15, -0.1) is 0 Å². The number of carbonyl (C=O) groups is 2. The molecule has 2 aromatic rings. The Morgan fingerprint density at radius 2 is 1.58 bits per heavy atom. The number of hydrogen-bond acceptors (Lipinski definition) is 2. The molecule has 6 heteroatoms. The molecule has 0 fully saturated rings. The van der Waals surface area contributed by atoms with Gasteiger partial charge in [-0.1, -0.05) is 65.5 Å². The molecule has 31 heavy (non-hydrogen) atoms. The molecule has 0 radical (unpaired) electrons. The van der Waals surface area contributed by atoms with Crippen molar-refractivity contribution < 1.29 is 9.59 Å². The summed E-state index contributed by atoms with van der Waals surface area (Å²) in [4.78, 5) is 28.2. The first kappa shape index (κ1) is 25.2. The molecule has 2 aromatic carbocycles. The Labute approximate surface area is 195 Å². The third-order valence-corrected chi connectivity index (χ3v) is 5.62. The summed E-state index contributed by atoms with van der Waals surface area (Å²) in [6, 6.07) is 10.7. The van der Waals surface area contributed by atoms with Crippen molar-refractivity contribution in [2.75, 3.05) is 0 Å². The molecular formula is C25H32Cl2N2O2. The van der Waals surface area contributed by atoms with Gasteiger partial charge in [0.2, 0.25) is 11.8 Å². The summed E-state index contributed by atoms with van der Waals surface area (Å²) in [6.45, 7) is 11.8. The van der Waals surface area contributed by atoms with E-state index in [1.165, 1.54) is 0 Å². The van der Waals surface area contributed by atoms with Crippen molar-refractivity contribution in [3.63, 3.8) is 0 Å². The van der Waals surface area contributed by atoms with Gasteiger partial charge in [-0.25, -0.2) is 0 Å². The topological polar surface area (TPSA) is 49.4 Å². The van der Waals surface area contributed by atoms with E-state index in [4.69, 9.17) is 23.2 Å². The van der Waals surface area contributed by atoms with Crippen LogP contribution in [0.5, 0.6) is 0 Å². The lowest BCUT2D eigenvalue weighted by molar-refractivity contribution is -0.141. The molecule has 0 unspecified atom stereocenters. The summed E-state index contributed by atoms with van der Waals surface area (Å²) in [5.74, 6) is -0.330. The van der Waals surface area contributed by atoms with Crippen LogP contribution in [0.1, 0.15) is 56.4 Å². The first-order valence-corrected chi connectivity index (χ1v) is 11.3. The predicted octanol–water partition coefficient (Wildman–Crippen LogP) is 5.87. The lowest BCUT2D eigenvalue weighted by Gasteiger charge is -2.33. The van der Waals surface area contributed by atoms with Gasteiger partial charge in [0, 0.05) is 27.7 Å². The lowest BCUT2D eigenvalue weighted by atomic mass is 10.0. The molecule has 2 rings (SSSR count). The third kappa shape index (κ3) is 7.26. The molecular weight excluding hydrogens is 431 g/mol. The highest BCUT2D eigenvalue weighted by atomic mass is 35.5. The van der Waals surface area contributed by atoms with Crippen molar-refractivity contribution in [3.8, 4) is 0 Å². The smallest absolute Gasteiger partial charge is 0.243 e. The van der Waals surface area contributed by atoms with E-state index < -0.39 is 11.6 Å². The molecule has 0 bridgehead atoms. The molecule has 0 aromatic heterocycles. The summed E-state index contributed by atoms with van der Waals surface area (Å²) < 4.78 is 0. The van der Waals surface area contributed by atoms with Crippen LogP contribution in [-0.4, -0.2) is 28.3 Å². The standard InChI is InChI=1S/C25H32Cl2N2O2/c1-7-22(24(31)28-25(4,5)6)29(15-19-20(26)9-8-10-21(19)27)23(30)14-18-12-16(2)11-17(3)13-18/h8-13,22H,7,14-15H2,1-6H3,(H,28,31)/t22-/m0/s1. The van der Waals surface area contributed by atoms with Crippen molar-refractivity contribution in [1.82, 2.24) is 10.2 Å². The molecule has 0 heterocycles. The van der Waals surface area contributed by atoms with Crippen LogP contribution in [0, 0.1) is 13.8 Å². The number of halogens is 2. The second kappa shape index (κ2) is 10.5. The van der Waals surface area contributed by atoms with Crippen molar-refractivity contribution in [2.45, 2.75) is 72.5 Å². The maximum atomic E-state index is 13.5. The van der Waals surface area contributed by atoms with Gasteiger partial charge in [0.15, 0.2) is 0 Å². The van der Waals surface area contributed by atoms with E-state index in [1.807, 2.05) is 53.7 Å². The Morgan fingerprint density at radius 3 is 2.06 bits per heavy atom. The Balaban J connectivity index is 2.42. The van der Waals surface area contributed by atoms with Crippen molar-refractivity contribution >= 4 is 35.0 Å². The molecule has 0 aliphatic heterocycles. The molecule has 4 nitrogen and oxygen atoms in total. The summed E-state index contributed by atoms with van der Waals surface area (Å²) >= 11 is 12.8. The molecule has 0 aliphatic rings. The molecule has 1 N–H and O–H groups in total. The van der Waals surface area contributed by atoms with E-state index in [9.17, 15) is 9.59 Å². The van der Waals surface area contributed by atoms with Crippen LogP contribution < -0.4 is 5.32 Å². The highest BCUT2D eigenvalue weighted by Crippen LogP contribution is 2.27. The van der Waals surface area contributed by atoms with Gasteiger partial charge in [-0.05, 0) is 58.7 Å². The fourth-order valence-corrected chi connectivity index (χ4v) is 4.19. The number of carbonyl (C=O) groups excluding carboxylic acids is 2. The van der Waals surface area contributed by atoms with Gasteiger partial charge in [0.25, 0.3) is 0 Å². The van der Waals surface area contributed by atoms with Crippen LogP contribution in [-0.2, 0) is 22.6 Å². The molecule has 0 saturated heterocycles. The maximum Gasteiger partial charge on any atom is 0.243 e. The van der Waals surface area contributed by atoms with E-state index in [0.717, 1.165) is 16.7 Å². The Kier molecular flexibility index (Phi) is 8.56. The van der Waals surface area contributed by atoms with Crippen LogP contribution in [0.15, 0.2) is 36.4 Å². The number of amides is 2. The Hall–Kier alpha value is -2.04. The second-order valence-corrected chi connectivity index (χ2v) is 9.87. The van der Waals surface area contributed by atoms with E-state index in [1.54, 1.807) is 23.1 Å². The highest BCUT2D eigenvalue weighted by molar-refractivity contribution is 6.36. The van der Waals surface area contributed by atoms with Crippen LogP contribution in [0.25, 0.3) is 0 Å². The number of rotatable bonds is 7. The van der Waals surface area contributed by atoms with E-state index in [-0.39, 0.29) is 24.8 Å². The predicted molar refractivity (Wildman–Crippen MR) is 129 cm³/mol. The minimum atomic E-state index is -0.634. The Bertz CT molecular complexity index is 911. The third-order valence-electron chi connectivity index (χ3n) is 4.91. The first-order chi connectivity index (χ1) is 14.4. The highest BCUT2D eigenvalue weighted by Gasteiger charge is 2.31. The molecule has 2 amide bonds. The van der Waals surface area contributed by atoms with Gasteiger partial charge >= 0.3 is 0 Å². The average Bonchev–Trinajstić information content (AvgIpc) is 2.61. The number of nitrogens with one attached hydrogen (secondary N) is 1. The molecule has 0 saturated carbocycles. The van der Waals surface area contributed by atoms with Crippen LogP contribution in [0.3, 0.4) is 0 Å². The fourth-order valence-electron chi connectivity index (χ4n) is 3.67. The van der Waals surface area contributed by atoms with Gasteiger partial charge < -0.3 is 10.2 Å².